The number of amides is 2. The van der Waals surface area contributed by atoms with Crippen LogP contribution >= 0.6 is 46.6 Å². The smallest absolute Gasteiger partial charge is 0.242 e. The standard InChI is InChI=1S/C23H27Cl3N2O2S/c1-3-12-27-23(30)21(4-2)28(13-17-19(25)10-7-11-20(17)26)22(29)15-31-14-16-8-5-6-9-18(16)24/h5-11,21H,3-4,12-15H2,1-2H3,(H,27,30)/t21-/m1/s1. The third-order valence-corrected chi connectivity index (χ3v) is 6.81. The monoisotopic (exact) mass is 500 g/mol. The molecule has 2 amide bonds. The number of nitrogens with zero attached hydrogens (tertiary/aromatic N) is 1. The van der Waals surface area contributed by atoms with E-state index in [9.17, 15) is 9.59 Å². The zero-order valence-corrected chi connectivity index (χ0v) is 20.8. The van der Waals surface area contributed by atoms with Crippen LogP contribution in [0.3, 0.4) is 0 Å². The van der Waals surface area contributed by atoms with Gasteiger partial charge < -0.3 is 10.2 Å². The maximum absolute atomic E-state index is 13.2. The van der Waals surface area contributed by atoms with E-state index in [2.05, 4.69) is 5.32 Å². The predicted molar refractivity (Wildman–Crippen MR) is 132 cm³/mol. The molecule has 168 valence electrons. The minimum absolute atomic E-state index is 0.147. The Morgan fingerprint density at radius 1 is 1.00 bits per heavy atom. The Kier molecular flexibility index (Phi) is 11.0. The molecule has 0 unspecified atom stereocenters. The predicted octanol–water partition coefficient (Wildman–Crippen LogP) is 6.21. The number of hydrogen-bond acceptors (Lipinski definition) is 3. The minimum Gasteiger partial charge on any atom is -0.354 e. The van der Waals surface area contributed by atoms with Gasteiger partial charge >= 0.3 is 0 Å². The molecular weight excluding hydrogens is 475 g/mol. The summed E-state index contributed by atoms with van der Waals surface area (Å²) >= 11 is 20.4. The van der Waals surface area contributed by atoms with E-state index in [0.29, 0.717) is 39.3 Å². The largest absolute Gasteiger partial charge is 0.354 e. The van der Waals surface area contributed by atoms with Gasteiger partial charge in [-0.15, -0.1) is 11.8 Å². The molecule has 2 rings (SSSR count). The van der Waals surface area contributed by atoms with Gasteiger partial charge in [-0.3, -0.25) is 9.59 Å². The molecule has 0 aromatic heterocycles. The Morgan fingerprint density at radius 3 is 2.26 bits per heavy atom. The van der Waals surface area contributed by atoms with E-state index in [0.717, 1.165) is 12.0 Å². The molecular formula is C23H27Cl3N2O2S. The molecule has 0 aliphatic carbocycles. The molecule has 1 N–H and O–H groups in total. The van der Waals surface area contributed by atoms with Crippen molar-refractivity contribution in [1.82, 2.24) is 10.2 Å². The summed E-state index contributed by atoms with van der Waals surface area (Å²) < 4.78 is 0. The van der Waals surface area contributed by atoms with Gasteiger partial charge in [-0.25, -0.2) is 0 Å². The first-order chi connectivity index (χ1) is 14.9. The van der Waals surface area contributed by atoms with Crippen molar-refractivity contribution in [2.45, 2.75) is 45.0 Å². The fraction of sp³-hybridized carbons (Fsp3) is 0.391. The SMILES string of the molecule is CCCNC(=O)[C@@H](CC)N(Cc1c(Cl)cccc1Cl)C(=O)CSCc1ccccc1Cl. The van der Waals surface area contributed by atoms with Crippen LogP contribution in [0.25, 0.3) is 0 Å². The van der Waals surface area contributed by atoms with Crippen molar-refractivity contribution in [3.8, 4) is 0 Å². The number of hydrogen-bond donors (Lipinski definition) is 1. The van der Waals surface area contributed by atoms with Crippen LogP contribution in [-0.4, -0.2) is 35.1 Å². The zero-order valence-electron chi connectivity index (χ0n) is 17.7. The van der Waals surface area contributed by atoms with Crippen LogP contribution in [-0.2, 0) is 21.9 Å². The molecule has 31 heavy (non-hydrogen) atoms. The van der Waals surface area contributed by atoms with E-state index >= 15 is 0 Å². The number of carbonyl (C=O) groups excluding carboxylic acids is 2. The number of carbonyl (C=O) groups is 2. The fourth-order valence-corrected chi connectivity index (χ4v) is 4.80. The fourth-order valence-electron chi connectivity index (χ4n) is 3.09. The number of benzene rings is 2. The Bertz CT molecular complexity index is 875. The van der Waals surface area contributed by atoms with Gasteiger partial charge in [-0.2, -0.15) is 0 Å². The van der Waals surface area contributed by atoms with Crippen molar-refractivity contribution in [2.75, 3.05) is 12.3 Å². The molecule has 0 heterocycles. The van der Waals surface area contributed by atoms with Crippen molar-refractivity contribution in [3.05, 3.63) is 68.7 Å². The normalized spacial score (nSPS) is 11.8. The van der Waals surface area contributed by atoms with Crippen molar-refractivity contribution in [3.63, 3.8) is 0 Å². The van der Waals surface area contributed by atoms with Crippen molar-refractivity contribution < 1.29 is 9.59 Å². The molecule has 0 spiro atoms. The summed E-state index contributed by atoms with van der Waals surface area (Å²) in [4.78, 5) is 27.6. The van der Waals surface area contributed by atoms with Gasteiger partial charge in [0.05, 0.1) is 5.75 Å². The van der Waals surface area contributed by atoms with Gasteiger partial charge in [0.25, 0.3) is 0 Å². The number of nitrogens with one attached hydrogen (secondary N) is 1. The van der Waals surface area contributed by atoms with E-state index in [1.54, 1.807) is 23.1 Å². The lowest BCUT2D eigenvalue weighted by molar-refractivity contribution is -0.139. The molecule has 8 heteroatoms. The second-order valence-electron chi connectivity index (χ2n) is 7.02. The van der Waals surface area contributed by atoms with Crippen LogP contribution in [0, 0.1) is 0 Å². The van der Waals surface area contributed by atoms with Gasteiger partial charge in [-0.05, 0) is 36.6 Å². The molecule has 0 bridgehead atoms. The van der Waals surface area contributed by atoms with Crippen LogP contribution < -0.4 is 5.32 Å². The van der Waals surface area contributed by atoms with E-state index in [1.807, 2.05) is 38.1 Å². The average Bonchev–Trinajstić information content (AvgIpc) is 2.75. The highest BCUT2D eigenvalue weighted by atomic mass is 35.5. The lowest BCUT2D eigenvalue weighted by Gasteiger charge is -2.31. The number of thioether (sulfide) groups is 1. The van der Waals surface area contributed by atoms with Crippen molar-refractivity contribution in [2.24, 2.45) is 0 Å². The van der Waals surface area contributed by atoms with Crippen LogP contribution in [0.4, 0.5) is 0 Å². The Balaban J connectivity index is 2.19. The highest BCUT2D eigenvalue weighted by Crippen LogP contribution is 2.28. The Morgan fingerprint density at radius 2 is 1.65 bits per heavy atom. The highest BCUT2D eigenvalue weighted by Gasteiger charge is 2.29. The first-order valence-electron chi connectivity index (χ1n) is 10.2. The first-order valence-corrected chi connectivity index (χ1v) is 12.5. The summed E-state index contributed by atoms with van der Waals surface area (Å²) in [6.45, 7) is 4.61. The third kappa shape index (κ3) is 7.60. The van der Waals surface area contributed by atoms with E-state index in [-0.39, 0.29) is 24.1 Å². The van der Waals surface area contributed by atoms with Crippen molar-refractivity contribution in [1.29, 1.82) is 0 Å². The summed E-state index contributed by atoms with van der Waals surface area (Å²) in [6.07, 6.45) is 1.30. The topological polar surface area (TPSA) is 49.4 Å². The van der Waals surface area contributed by atoms with Crippen LogP contribution in [0.5, 0.6) is 0 Å². The number of rotatable bonds is 11. The van der Waals surface area contributed by atoms with Gasteiger partial charge in [0, 0.05) is 39.5 Å². The first kappa shape index (κ1) is 25.9. The average molecular weight is 502 g/mol. The second-order valence-corrected chi connectivity index (χ2v) is 9.23. The third-order valence-electron chi connectivity index (χ3n) is 4.77. The molecule has 0 aliphatic rings. The molecule has 0 saturated carbocycles. The van der Waals surface area contributed by atoms with Gasteiger partial charge in [0.2, 0.25) is 11.8 Å². The zero-order chi connectivity index (χ0) is 22.8. The summed E-state index contributed by atoms with van der Waals surface area (Å²) in [5.74, 6) is 0.499. The van der Waals surface area contributed by atoms with Crippen LogP contribution in [0.1, 0.15) is 37.8 Å². The van der Waals surface area contributed by atoms with Gasteiger partial charge in [0.15, 0.2) is 0 Å². The summed E-state index contributed by atoms with van der Waals surface area (Å²) in [5, 5.41) is 4.51. The molecule has 1 atom stereocenters. The summed E-state index contributed by atoms with van der Waals surface area (Å²) in [5.41, 5.74) is 1.60. The summed E-state index contributed by atoms with van der Waals surface area (Å²) in [7, 11) is 0. The van der Waals surface area contributed by atoms with Crippen LogP contribution in [0.2, 0.25) is 15.1 Å². The number of halogens is 3. The molecule has 4 nitrogen and oxygen atoms in total. The van der Waals surface area contributed by atoms with E-state index in [4.69, 9.17) is 34.8 Å². The lowest BCUT2D eigenvalue weighted by Crippen LogP contribution is -2.49. The van der Waals surface area contributed by atoms with Gasteiger partial charge in [-0.1, -0.05) is 72.9 Å². The molecule has 0 aliphatic heterocycles. The quantitative estimate of drug-likeness (QED) is 0.398. The Hall–Kier alpha value is -1.40. The maximum Gasteiger partial charge on any atom is 0.242 e. The molecule has 2 aromatic carbocycles. The van der Waals surface area contributed by atoms with Crippen LogP contribution in [0.15, 0.2) is 42.5 Å². The molecule has 2 aromatic rings. The van der Waals surface area contributed by atoms with E-state index < -0.39 is 6.04 Å². The Labute approximate surface area is 203 Å². The molecule has 0 fully saturated rings. The maximum atomic E-state index is 13.2. The van der Waals surface area contributed by atoms with E-state index in [1.165, 1.54) is 11.8 Å². The lowest BCUT2D eigenvalue weighted by atomic mass is 10.1. The summed E-state index contributed by atoms with van der Waals surface area (Å²) in [6, 6.07) is 12.2. The molecule has 0 radical (unpaired) electrons. The minimum atomic E-state index is -0.604. The second kappa shape index (κ2) is 13.2. The highest BCUT2D eigenvalue weighted by molar-refractivity contribution is 7.99. The van der Waals surface area contributed by atoms with Gasteiger partial charge in [0.1, 0.15) is 6.04 Å². The molecule has 0 saturated heterocycles. The van der Waals surface area contributed by atoms with Crippen molar-refractivity contribution >= 4 is 58.4 Å².